The fourth-order valence-electron chi connectivity index (χ4n) is 2.44. The van der Waals surface area contributed by atoms with Crippen LogP contribution in [-0.4, -0.2) is 70.8 Å². The molecule has 0 saturated carbocycles. The fraction of sp³-hybridized carbons (Fsp3) is 0.500. The molecular weight excluding hydrogens is 342 g/mol. The Morgan fingerprint density at radius 3 is 2.04 bits per heavy atom. The number of aliphatic hydroxyl groups is 1. The van der Waals surface area contributed by atoms with E-state index in [0.29, 0.717) is 12.2 Å². The Balaban J connectivity index is 0.000000487. The number of ether oxygens (including phenoxy) is 1. The third kappa shape index (κ3) is 8.70. The van der Waals surface area contributed by atoms with Crippen molar-refractivity contribution in [2.75, 3.05) is 32.8 Å². The van der Waals surface area contributed by atoms with Gasteiger partial charge in [-0.2, -0.15) is 0 Å². The molecule has 1 aliphatic rings. The smallest absolute Gasteiger partial charge is 0.414 e. The van der Waals surface area contributed by atoms with Crippen LogP contribution in [0.5, 0.6) is 0 Å². The predicted octanol–water partition coefficient (Wildman–Crippen LogP) is 1.02. The van der Waals surface area contributed by atoms with E-state index in [4.69, 9.17) is 29.6 Å². The Kier molecular flexibility index (Phi) is 10.1. The summed E-state index contributed by atoms with van der Waals surface area (Å²) in [4.78, 5) is 31.9. The van der Waals surface area contributed by atoms with E-state index < -0.39 is 18.5 Å². The van der Waals surface area contributed by atoms with E-state index in [-0.39, 0.29) is 5.78 Å². The average Bonchev–Trinajstić information content (AvgIpc) is 2.66. The van der Waals surface area contributed by atoms with Crippen molar-refractivity contribution in [1.82, 2.24) is 4.90 Å². The van der Waals surface area contributed by atoms with Gasteiger partial charge in [-0.25, -0.2) is 9.59 Å². The molecular formula is C18H25NO7. The number of aliphatic hydroxyl groups excluding tert-OH is 1. The largest absolute Gasteiger partial charge is 0.473 e. The third-order valence-electron chi connectivity index (χ3n) is 3.87. The van der Waals surface area contributed by atoms with Gasteiger partial charge in [0.25, 0.3) is 0 Å². The number of piperidine rings is 1. The molecule has 3 N–H and O–H groups in total. The van der Waals surface area contributed by atoms with E-state index in [2.05, 4.69) is 4.90 Å². The minimum Gasteiger partial charge on any atom is -0.473 e. The number of carbonyl (C=O) groups excluding carboxylic acids is 1. The van der Waals surface area contributed by atoms with Crippen molar-refractivity contribution < 1.29 is 34.4 Å². The van der Waals surface area contributed by atoms with Crippen LogP contribution >= 0.6 is 0 Å². The number of likely N-dealkylation sites (tertiary alicyclic amines) is 1. The maximum atomic E-state index is 11.3. The third-order valence-corrected chi connectivity index (χ3v) is 3.87. The molecule has 1 aliphatic heterocycles. The molecule has 0 amide bonds. The maximum absolute atomic E-state index is 11.3. The molecule has 1 saturated heterocycles. The van der Waals surface area contributed by atoms with Crippen molar-refractivity contribution in [3.8, 4) is 0 Å². The summed E-state index contributed by atoms with van der Waals surface area (Å²) in [5.41, 5.74) is 1.60. The van der Waals surface area contributed by atoms with E-state index in [9.17, 15) is 4.79 Å². The summed E-state index contributed by atoms with van der Waals surface area (Å²) in [6.07, 6.45) is 3.97. The van der Waals surface area contributed by atoms with Crippen LogP contribution in [-0.2, 0) is 20.9 Å². The lowest BCUT2D eigenvalue weighted by atomic mass is 10.1. The first-order valence-electron chi connectivity index (χ1n) is 8.43. The number of nitrogens with zero attached hydrogens (tertiary/aromatic N) is 1. The molecule has 0 radical (unpaired) electrons. The Bertz CT molecular complexity index is 568. The molecule has 144 valence electrons. The highest BCUT2D eigenvalue weighted by Crippen LogP contribution is 2.09. The summed E-state index contributed by atoms with van der Waals surface area (Å²) in [5.74, 6) is -3.90. The van der Waals surface area contributed by atoms with Crippen molar-refractivity contribution in [3.63, 3.8) is 0 Å². The van der Waals surface area contributed by atoms with Gasteiger partial charge in [0.15, 0.2) is 5.78 Å². The summed E-state index contributed by atoms with van der Waals surface area (Å²) >= 11 is 0. The van der Waals surface area contributed by atoms with E-state index >= 15 is 0 Å². The zero-order valence-electron chi connectivity index (χ0n) is 14.6. The number of rotatable bonds is 7. The number of carbonyl (C=O) groups is 3. The van der Waals surface area contributed by atoms with Crippen molar-refractivity contribution in [2.24, 2.45) is 0 Å². The van der Waals surface area contributed by atoms with Crippen LogP contribution in [0, 0.1) is 0 Å². The highest BCUT2D eigenvalue weighted by atomic mass is 16.5. The summed E-state index contributed by atoms with van der Waals surface area (Å²) in [7, 11) is 0. The van der Waals surface area contributed by atoms with Gasteiger partial charge in [0.2, 0.25) is 0 Å². The fourth-order valence-corrected chi connectivity index (χ4v) is 2.44. The van der Waals surface area contributed by atoms with E-state index in [1.54, 1.807) is 12.1 Å². The molecule has 8 nitrogen and oxygen atoms in total. The normalized spacial score (nSPS) is 14.2. The second-order valence-corrected chi connectivity index (χ2v) is 5.84. The quantitative estimate of drug-likeness (QED) is 0.371. The molecule has 0 aromatic heterocycles. The van der Waals surface area contributed by atoms with Gasteiger partial charge in [-0.05, 0) is 31.5 Å². The lowest BCUT2D eigenvalue weighted by Crippen LogP contribution is -2.32. The molecule has 8 heteroatoms. The zero-order chi connectivity index (χ0) is 19.4. The minimum atomic E-state index is -1.82. The summed E-state index contributed by atoms with van der Waals surface area (Å²) in [6, 6.07) is 7.23. The first-order valence-corrected chi connectivity index (χ1v) is 8.43. The molecule has 1 fully saturated rings. The number of Topliss-reactive ketones (excluding diaryl/α,β-unsaturated/α-hetero) is 1. The molecule has 26 heavy (non-hydrogen) atoms. The van der Waals surface area contributed by atoms with E-state index in [1.807, 2.05) is 12.1 Å². The average molecular weight is 367 g/mol. The van der Waals surface area contributed by atoms with Crippen molar-refractivity contribution >= 4 is 17.7 Å². The Hall–Kier alpha value is -2.29. The van der Waals surface area contributed by atoms with Gasteiger partial charge in [0.1, 0.15) is 6.61 Å². The summed E-state index contributed by atoms with van der Waals surface area (Å²) < 4.78 is 5.67. The standard InChI is InChI=1S/C16H23NO3.C2H2O4/c18-12-16(19)15-6-4-14(5-7-15)13-20-11-10-17-8-2-1-3-9-17;3-1(4)2(5)6/h4-7,18H,1-3,8-13H2;(H,3,4)(H,5,6). The Morgan fingerprint density at radius 1 is 0.962 bits per heavy atom. The molecule has 0 atom stereocenters. The van der Waals surface area contributed by atoms with Crippen LogP contribution in [0.2, 0.25) is 0 Å². The summed E-state index contributed by atoms with van der Waals surface area (Å²) in [5, 5.41) is 23.6. The molecule has 0 unspecified atom stereocenters. The molecule has 1 aromatic rings. The predicted molar refractivity (Wildman–Crippen MR) is 93.1 cm³/mol. The van der Waals surface area contributed by atoms with Crippen LogP contribution in [0.15, 0.2) is 24.3 Å². The van der Waals surface area contributed by atoms with Gasteiger partial charge >= 0.3 is 11.9 Å². The maximum Gasteiger partial charge on any atom is 0.414 e. The van der Waals surface area contributed by atoms with E-state index in [1.165, 1.54) is 32.4 Å². The van der Waals surface area contributed by atoms with Gasteiger partial charge in [-0.1, -0.05) is 30.7 Å². The second-order valence-electron chi connectivity index (χ2n) is 5.84. The van der Waals surface area contributed by atoms with Crippen LogP contribution in [0.3, 0.4) is 0 Å². The number of aliphatic carboxylic acids is 2. The van der Waals surface area contributed by atoms with Gasteiger partial charge in [-0.3, -0.25) is 4.79 Å². The van der Waals surface area contributed by atoms with Gasteiger partial charge in [-0.15, -0.1) is 0 Å². The molecule has 2 rings (SSSR count). The summed E-state index contributed by atoms with van der Waals surface area (Å²) in [6.45, 7) is 4.27. The molecule has 0 spiro atoms. The monoisotopic (exact) mass is 367 g/mol. The highest BCUT2D eigenvalue weighted by Gasteiger charge is 2.09. The molecule has 1 heterocycles. The number of benzene rings is 1. The van der Waals surface area contributed by atoms with Crippen molar-refractivity contribution in [1.29, 1.82) is 0 Å². The molecule has 0 aliphatic carbocycles. The lowest BCUT2D eigenvalue weighted by Gasteiger charge is -2.26. The topological polar surface area (TPSA) is 124 Å². The SMILES string of the molecule is O=C(CO)c1ccc(COCCN2CCCCC2)cc1.O=C(O)C(=O)O. The number of hydrogen-bond donors (Lipinski definition) is 3. The number of carboxylic acids is 2. The lowest BCUT2D eigenvalue weighted by molar-refractivity contribution is -0.159. The number of hydrogen-bond acceptors (Lipinski definition) is 6. The Morgan fingerprint density at radius 2 is 1.54 bits per heavy atom. The Labute approximate surface area is 152 Å². The van der Waals surface area contributed by atoms with Gasteiger partial charge < -0.3 is 25.0 Å². The van der Waals surface area contributed by atoms with Crippen LogP contribution in [0.1, 0.15) is 35.2 Å². The van der Waals surface area contributed by atoms with Gasteiger partial charge in [0.05, 0.1) is 13.2 Å². The highest BCUT2D eigenvalue weighted by molar-refractivity contribution is 6.27. The number of carboxylic acid groups (broad SMARTS) is 2. The molecule has 1 aromatic carbocycles. The van der Waals surface area contributed by atoms with Crippen LogP contribution < -0.4 is 0 Å². The van der Waals surface area contributed by atoms with Crippen molar-refractivity contribution in [2.45, 2.75) is 25.9 Å². The molecule has 0 bridgehead atoms. The van der Waals surface area contributed by atoms with Gasteiger partial charge in [0, 0.05) is 12.1 Å². The first-order chi connectivity index (χ1) is 12.4. The zero-order valence-corrected chi connectivity index (χ0v) is 14.6. The van der Waals surface area contributed by atoms with Crippen LogP contribution in [0.4, 0.5) is 0 Å². The van der Waals surface area contributed by atoms with Crippen molar-refractivity contribution in [3.05, 3.63) is 35.4 Å². The minimum absolute atomic E-state index is 0.248. The second kappa shape index (κ2) is 12.1. The van der Waals surface area contributed by atoms with E-state index in [0.717, 1.165) is 18.7 Å². The van der Waals surface area contributed by atoms with Crippen LogP contribution in [0.25, 0.3) is 0 Å². The first kappa shape index (κ1) is 21.8. The number of ketones is 1.